The van der Waals surface area contributed by atoms with E-state index in [0.29, 0.717) is 32.8 Å². The van der Waals surface area contributed by atoms with Gasteiger partial charge in [0.15, 0.2) is 0 Å². The van der Waals surface area contributed by atoms with Gasteiger partial charge in [0, 0.05) is 51.0 Å². The molecule has 12 heteroatoms. The summed E-state index contributed by atoms with van der Waals surface area (Å²) >= 11 is 0. The fourth-order valence-corrected chi connectivity index (χ4v) is 4.05. The number of halogens is 6. The van der Waals surface area contributed by atoms with Gasteiger partial charge in [0.05, 0.1) is 13.2 Å². The fourth-order valence-electron chi connectivity index (χ4n) is 4.05. The van der Waals surface area contributed by atoms with Gasteiger partial charge >= 0.3 is 18.4 Å². The Kier molecular flexibility index (Phi) is 7.67. The van der Waals surface area contributed by atoms with Crippen LogP contribution in [0, 0.1) is 6.92 Å². The molecule has 1 amide bonds. The third kappa shape index (κ3) is 6.44. The van der Waals surface area contributed by atoms with E-state index in [1.807, 2.05) is 24.0 Å². The smallest absolute Gasteiger partial charge is 0.426 e. The molecule has 2 aliphatic heterocycles. The second-order valence-electron chi connectivity index (χ2n) is 8.33. The number of nitrogens with zero attached hydrogens (tertiary/aromatic N) is 3. The molecule has 0 spiro atoms. The van der Waals surface area contributed by atoms with E-state index in [-0.39, 0.29) is 6.54 Å². The van der Waals surface area contributed by atoms with Gasteiger partial charge in [-0.2, -0.15) is 26.3 Å². The molecule has 0 unspecified atom stereocenters. The highest BCUT2D eigenvalue weighted by molar-refractivity contribution is 5.68. The summed E-state index contributed by atoms with van der Waals surface area (Å²) in [7, 11) is 0. The first-order chi connectivity index (χ1) is 15.4. The van der Waals surface area contributed by atoms with Crippen molar-refractivity contribution in [3.8, 4) is 0 Å². The van der Waals surface area contributed by atoms with Gasteiger partial charge in [0.25, 0.3) is 6.10 Å². The van der Waals surface area contributed by atoms with Crippen LogP contribution in [0.5, 0.6) is 0 Å². The molecule has 2 heterocycles. The molecule has 0 radical (unpaired) electrons. The largest absolute Gasteiger partial charge is 0.434 e. The number of carbonyl (C=O) groups excluding carboxylic acids is 1. The van der Waals surface area contributed by atoms with Crippen LogP contribution in [-0.4, -0.2) is 86.3 Å². The lowest BCUT2D eigenvalue weighted by Crippen LogP contribution is -2.56. The predicted molar refractivity (Wildman–Crippen MR) is 108 cm³/mol. The van der Waals surface area contributed by atoms with Crippen LogP contribution >= 0.6 is 0 Å². The van der Waals surface area contributed by atoms with E-state index >= 15 is 0 Å². The summed E-state index contributed by atoms with van der Waals surface area (Å²) in [6.45, 7) is 7.66. The van der Waals surface area contributed by atoms with Crippen LogP contribution in [0.2, 0.25) is 0 Å². The maximum atomic E-state index is 12.7. The minimum absolute atomic E-state index is 0.0344. The molecule has 0 aliphatic carbocycles. The fraction of sp³-hybridized carbons (Fsp3) is 0.667. The van der Waals surface area contributed by atoms with Crippen molar-refractivity contribution in [1.29, 1.82) is 0 Å². The number of rotatable bonds is 4. The van der Waals surface area contributed by atoms with E-state index in [0.717, 1.165) is 34.8 Å². The summed E-state index contributed by atoms with van der Waals surface area (Å²) < 4.78 is 85.4. The molecule has 1 aromatic carbocycles. The quantitative estimate of drug-likeness (QED) is 0.607. The Bertz CT molecular complexity index is 812. The zero-order chi connectivity index (χ0) is 24.4. The first-order valence-electron chi connectivity index (χ1n) is 10.6. The SMILES string of the molecule is Cc1cc(N2CCOCC2)ccc1CN1CCN(C(=O)OC(C(F)(F)F)C(F)(F)F)[C@@H](C)C1. The van der Waals surface area contributed by atoms with Crippen LogP contribution in [0.15, 0.2) is 18.2 Å². The predicted octanol–water partition coefficient (Wildman–Crippen LogP) is 3.97. The summed E-state index contributed by atoms with van der Waals surface area (Å²) in [5, 5.41) is 0. The number of carbonyl (C=O) groups is 1. The molecular formula is C21H27F6N3O3. The van der Waals surface area contributed by atoms with E-state index in [1.54, 1.807) is 6.92 Å². The second kappa shape index (κ2) is 9.96. The van der Waals surface area contributed by atoms with Crippen LogP contribution in [-0.2, 0) is 16.0 Å². The van der Waals surface area contributed by atoms with Gasteiger partial charge in [-0.1, -0.05) is 6.07 Å². The van der Waals surface area contributed by atoms with Crippen LogP contribution in [0.3, 0.4) is 0 Å². The highest BCUT2D eigenvalue weighted by Crippen LogP contribution is 2.36. The normalized spacial score (nSPS) is 20.9. The zero-order valence-electron chi connectivity index (χ0n) is 18.4. The number of hydrogen-bond acceptors (Lipinski definition) is 5. The van der Waals surface area contributed by atoms with Crippen molar-refractivity contribution in [2.75, 3.05) is 50.8 Å². The molecule has 1 aromatic rings. The molecule has 0 bridgehead atoms. The van der Waals surface area contributed by atoms with Gasteiger partial charge in [-0.15, -0.1) is 0 Å². The van der Waals surface area contributed by atoms with Crippen LogP contribution in [0.25, 0.3) is 0 Å². The summed E-state index contributed by atoms with van der Waals surface area (Å²) in [4.78, 5) is 17.3. The van der Waals surface area contributed by atoms with Crippen LogP contribution in [0.1, 0.15) is 18.1 Å². The Morgan fingerprint density at radius 1 is 1.09 bits per heavy atom. The molecule has 1 atom stereocenters. The van der Waals surface area contributed by atoms with Crippen LogP contribution < -0.4 is 4.90 Å². The van der Waals surface area contributed by atoms with Crippen molar-refractivity contribution < 1.29 is 40.6 Å². The van der Waals surface area contributed by atoms with Crippen LogP contribution in [0.4, 0.5) is 36.8 Å². The lowest BCUT2D eigenvalue weighted by atomic mass is 10.1. The van der Waals surface area contributed by atoms with E-state index in [9.17, 15) is 31.1 Å². The second-order valence-corrected chi connectivity index (χ2v) is 8.33. The van der Waals surface area contributed by atoms with Crippen molar-refractivity contribution in [3.05, 3.63) is 29.3 Å². The first kappa shape index (κ1) is 25.4. The molecule has 2 fully saturated rings. The maximum absolute atomic E-state index is 12.7. The van der Waals surface area contributed by atoms with Crippen molar-refractivity contribution in [1.82, 2.24) is 9.80 Å². The Hall–Kier alpha value is -2.21. The van der Waals surface area contributed by atoms with Gasteiger partial charge in [-0.05, 0) is 37.1 Å². The molecule has 186 valence electrons. The number of benzene rings is 1. The highest BCUT2D eigenvalue weighted by atomic mass is 19.4. The van der Waals surface area contributed by atoms with E-state index in [1.165, 1.54) is 0 Å². The van der Waals surface area contributed by atoms with Gasteiger partial charge in [-0.3, -0.25) is 4.90 Å². The maximum Gasteiger partial charge on any atom is 0.434 e. The summed E-state index contributed by atoms with van der Waals surface area (Å²) in [5.41, 5.74) is 3.24. The standard InChI is InChI=1S/C21H27F6N3O3/c1-14-11-17(29-7-9-32-10-8-29)4-3-16(14)13-28-5-6-30(15(2)12-28)19(31)33-18(20(22,23)24)21(25,26)27/h3-4,11,15,18H,5-10,12-13H2,1-2H3/t15-/m0/s1. The molecular weight excluding hydrogens is 456 g/mol. The van der Waals surface area contributed by atoms with Gasteiger partial charge in [0.1, 0.15) is 0 Å². The van der Waals surface area contributed by atoms with Gasteiger partial charge < -0.3 is 19.3 Å². The Morgan fingerprint density at radius 3 is 2.27 bits per heavy atom. The Morgan fingerprint density at radius 2 is 1.73 bits per heavy atom. The lowest BCUT2D eigenvalue weighted by molar-refractivity contribution is -0.308. The molecule has 0 saturated carbocycles. The third-order valence-corrected chi connectivity index (χ3v) is 5.86. The number of aryl methyl sites for hydroxylation is 1. The number of amides is 1. The number of alkyl halides is 6. The minimum atomic E-state index is -5.73. The Balaban J connectivity index is 1.58. The van der Waals surface area contributed by atoms with E-state index in [2.05, 4.69) is 15.7 Å². The van der Waals surface area contributed by atoms with Gasteiger partial charge in [-0.25, -0.2) is 4.79 Å². The van der Waals surface area contributed by atoms with E-state index < -0.39 is 30.6 Å². The summed E-state index contributed by atoms with van der Waals surface area (Å²) in [5.74, 6) is 0. The van der Waals surface area contributed by atoms with Crippen molar-refractivity contribution in [2.45, 2.75) is 44.9 Å². The number of hydrogen-bond donors (Lipinski definition) is 0. The number of anilines is 1. The summed E-state index contributed by atoms with van der Waals surface area (Å²) in [6.07, 6.45) is -17.2. The topological polar surface area (TPSA) is 45.2 Å². The van der Waals surface area contributed by atoms with Crippen molar-refractivity contribution >= 4 is 11.8 Å². The highest BCUT2D eigenvalue weighted by Gasteiger charge is 2.60. The molecule has 0 N–H and O–H groups in total. The number of morpholine rings is 1. The first-order valence-corrected chi connectivity index (χ1v) is 10.6. The molecule has 3 rings (SSSR count). The average molecular weight is 483 g/mol. The van der Waals surface area contributed by atoms with Crippen molar-refractivity contribution in [3.63, 3.8) is 0 Å². The summed E-state index contributed by atoms with van der Waals surface area (Å²) in [6, 6.07) is 5.52. The molecule has 2 aliphatic rings. The van der Waals surface area contributed by atoms with Crippen molar-refractivity contribution in [2.24, 2.45) is 0 Å². The van der Waals surface area contributed by atoms with Gasteiger partial charge in [0.2, 0.25) is 0 Å². The Labute approximate surface area is 188 Å². The zero-order valence-corrected chi connectivity index (χ0v) is 18.4. The molecule has 0 aromatic heterocycles. The third-order valence-electron chi connectivity index (χ3n) is 5.86. The average Bonchev–Trinajstić information content (AvgIpc) is 2.72. The molecule has 6 nitrogen and oxygen atoms in total. The molecule has 2 saturated heterocycles. The van der Waals surface area contributed by atoms with E-state index in [4.69, 9.17) is 4.74 Å². The molecule has 33 heavy (non-hydrogen) atoms. The number of piperazine rings is 1. The monoisotopic (exact) mass is 483 g/mol. The lowest BCUT2D eigenvalue weighted by Gasteiger charge is -2.40. The minimum Gasteiger partial charge on any atom is -0.426 e. The number of ether oxygens (including phenoxy) is 2.